The SMILES string of the molecule is CCCCCOC1(C)CNC1. The fourth-order valence-electron chi connectivity index (χ4n) is 1.25. The van der Waals surface area contributed by atoms with Gasteiger partial charge in [-0.3, -0.25) is 0 Å². The van der Waals surface area contributed by atoms with E-state index in [1.807, 2.05) is 0 Å². The van der Waals surface area contributed by atoms with Crippen LogP contribution >= 0.6 is 0 Å². The summed E-state index contributed by atoms with van der Waals surface area (Å²) in [6, 6.07) is 0. The smallest absolute Gasteiger partial charge is 0.0901 e. The number of nitrogens with one attached hydrogen (secondary N) is 1. The largest absolute Gasteiger partial charge is 0.373 e. The van der Waals surface area contributed by atoms with Crippen LogP contribution in [-0.4, -0.2) is 25.3 Å². The highest BCUT2D eigenvalue weighted by Gasteiger charge is 2.31. The maximum atomic E-state index is 5.70. The molecule has 0 aromatic rings. The third kappa shape index (κ3) is 2.80. The third-order valence-electron chi connectivity index (χ3n) is 2.20. The van der Waals surface area contributed by atoms with Gasteiger partial charge in [-0.1, -0.05) is 19.8 Å². The van der Waals surface area contributed by atoms with Crippen LogP contribution in [0.3, 0.4) is 0 Å². The summed E-state index contributed by atoms with van der Waals surface area (Å²) in [5.74, 6) is 0. The lowest BCUT2D eigenvalue weighted by molar-refractivity contribution is -0.0676. The van der Waals surface area contributed by atoms with Crippen molar-refractivity contribution in [2.45, 2.75) is 38.7 Å². The molecule has 0 saturated carbocycles. The summed E-state index contributed by atoms with van der Waals surface area (Å²) in [6.07, 6.45) is 3.79. The first-order chi connectivity index (χ1) is 5.27. The van der Waals surface area contributed by atoms with E-state index in [-0.39, 0.29) is 5.60 Å². The monoisotopic (exact) mass is 157 g/mol. The molecule has 0 bridgehead atoms. The third-order valence-corrected chi connectivity index (χ3v) is 2.20. The molecule has 0 amide bonds. The molecule has 11 heavy (non-hydrogen) atoms. The Labute approximate surface area is 69.3 Å². The van der Waals surface area contributed by atoms with Gasteiger partial charge in [-0.05, 0) is 13.3 Å². The fourth-order valence-corrected chi connectivity index (χ4v) is 1.25. The highest BCUT2D eigenvalue weighted by molar-refractivity contribution is 4.89. The van der Waals surface area contributed by atoms with Gasteiger partial charge >= 0.3 is 0 Å². The van der Waals surface area contributed by atoms with Crippen molar-refractivity contribution in [2.75, 3.05) is 19.7 Å². The van der Waals surface area contributed by atoms with Gasteiger partial charge in [-0.2, -0.15) is 0 Å². The van der Waals surface area contributed by atoms with E-state index in [1.54, 1.807) is 0 Å². The number of ether oxygens (including phenoxy) is 1. The molecule has 1 heterocycles. The van der Waals surface area contributed by atoms with E-state index in [1.165, 1.54) is 19.3 Å². The fraction of sp³-hybridized carbons (Fsp3) is 1.00. The highest BCUT2D eigenvalue weighted by atomic mass is 16.5. The molecule has 0 aromatic heterocycles. The number of hydrogen-bond acceptors (Lipinski definition) is 2. The molecule has 0 spiro atoms. The van der Waals surface area contributed by atoms with Gasteiger partial charge in [0.1, 0.15) is 0 Å². The van der Waals surface area contributed by atoms with E-state index in [0.29, 0.717) is 0 Å². The molecule has 0 aromatic carbocycles. The van der Waals surface area contributed by atoms with E-state index in [9.17, 15) is 0 Å². The second-order valence-corrected chi connectivity index (χ2v) is 3.61. The lowest BCUT2D eigenvalue weighted by atomic mass is 10.0. The zero-order valence-electron chi connectivity index (χ0n) is 7.65. The van der Waals surface area contributed by atoms with Crippen LogP contribution in [0.4, 0.5) is 0 Å². The topological polar surface area (TPSA) is 21.3 Å². The van der Waals surface area contributed by atoms with Crippen molar-refractivity contribution in [3.63, 3.8) is 0 Å². The Hall–Kier alpha value is -0.0800. The quantitative estimate of drug-likeness (QED) is 0.611. The van der Waals surface area contributed by atoms with Gasteiger partial charge in [0.2, 0.25) is 0 Å². The molecule has 0 unspecified atom stereocenters. The van der Waals surface area contributed by atoms with Gasteiger partial charge in [-0.15, -0.1) is 0 Å². The van der Waals surface area contributed by atoms with Crippen LogP contribution in [-0.2, 0) is 4.74 Å². The molecule has 1 saturated heterocycles. The van der Waals surface area contributed by atoms with Gasteiger partial charge in [0.25, 0.3) is 0 Å². The molecule has 0 atom stereocenters. The second-order valence-electron chi connectivity index (χ2n) is 3.61. The first-order valence-electron chi connectivity index (χ1n) is 4.61. The number of unbranched alkanes of at least 4 members (excludes halogenated alkanes) is 2. The van der Waals surface area contributed by atoms with Crippen LogP contribution in [0, 0.1) is 0 Å². The van der Waals surface area contributed by atoms with Crippen molar-refractivity contribution in [1.82, 2.24) is 5.32 Å². The first kappa shape index (κ1) is 9.01. The molecule has 1 fully saturated rings. The van der Waals surface area contributed by atoms with E-state index in [0.717, 1.165) is 19.7 Å². The minimum absolute atomic E-state index is 0.160. The zero-order valence-corrected chi connectivity index (χ0v) is 7.65. The van der Waals surface area contributed by atoms with Gasteiger partial charge in [0.05, 0.1) is 5.60 Å². The summed E-state index contributed by atoms with van der Waals surface area (Å²) < 4.78 is 5.70. The summed E-state index contributed by atoms with van der Waals surface area (Å²) in [4.78, 5) is 0. The molecule has 2 heteroatoms. The van der Waals surface area contributed by atoms with Gasteiger partial charge in [0.15, 0.2) is 0 Å². The minimum atomic E-state index is 0.160. The van der Waals surface area contributed by atoms with Crippen molar-refractivity contribution < 1.29 is 4.74 Å². The van der Waals surface area contributed by atoms with Crippen molar-refractivity contribution in [3.8, 4) is 0 Å². The van der Waals surface area contributed by atoms with Gasteiger partial charge in [-0.25, -0.2) is 0 Å². The van der Waals surface area contributed by atoms with Crippen molar-refractivity contribution in [3.05, 3.63) is 0 Å². The molecule has 0 radical (unpaired) electrons. The Bertz CT molecular complexity index is 110. The van der Waals surface area contributed by atoms with E-state index < -0.39 is 0 Å². The molecule has 0 aliphatic carbocycles. The highest BCUT2D eigenvalue weighted by Crippen LogP contribution is 2.15. The van der Waals surface area contributed by atoms with Gasteiger partial charge < -0.3 is 10.1 Å². The Morgan fingerprint density at radius 1 is 1.36 bits per heavy atom. The molecular formula is C9H19NO. The lowest BCUT2D eigenvalue weighted by Gasteiger charge is -2.39. The van der Waals surface area contributed by atoms with Gasteiger partial charge in [0, 0.05) is 19.7 Å². The normalized spacial score (nSPS) is 21.3. The molecular weight excluding hydrogens is 138 g/mol. The number of rotatable bonds is 5. The zero-order chi connectivity index (χ0) is 8.16. The van der Waals surface area contributed by atoms with Crippen LogP contribution in [0.25, 0.3) is 0 Å². The maximum Gasteiger partial charge on any atom is 0.0901 e. The summed E-state index contributed by atoms with van der Waals surface area (Å²) in [5.41, 5.74) is 0.160. The van der Waals surface area contributed by atoms with Crippen molar-refractivity contribution in [2.24, 2.45) is 0 Å². The molecule has 2 nitrogen and oxygen atoms in total. The Balaban J connectivity index is 1.94. The summed E-state index contributed by atoms with van der Waals surface area (Å²) in [5, 5.41) is 3.22. The standard InChI is InChI=1S/C9H19NO/c1-3-4-5-6-11-9(2)7-10-8-9/h10H,3-8H2,1-2H3. The van der Waals surface area contributed by atoms with Crippen LogP contribution < -0.4 is 5.32 Å². The maximum absolute atomic E-state index is 5.70. The summed E-state index contributed by atoms with van der Waals surface area (Å²) >= 11 is 0. The molecule has 1 N–H and O–H groups in total. The predicted molar refractivity (Wildman–Crippen MR) is 46.8 cm³/mol. The number of hydrogen-bond donors (Lipinski definition) is 1. The second kappa shape index (κ2) is 4.07. The van der Waals surface area contributed by atoms with Crippen molar-refractivity contribution >= 4 is 0 Å². The molecule has 1 aliphatic heterocycles. The summed E-state index contributed by atoms with van der Waals surface area (Å²) in [7, 11) is 0. The van der Waals surface area contributed by atoms with Crippen LogP contribution in [0.5, 0.6) is 0 Å². The van der Waals surface area contributed by atoms with E-state index in [4.69, 9.17) is 4.74 Å². The van der Waals surface area contributed by atoms with E-state index in [2.05, 4.69) is 19.2 Å². The predicted octanol–water partition coefficient (Wildman–Crippen LogP) is 1.56. The van der Waals surface area contributed by atoms with Crippen molar-refractivity contribution in [1.29, 1.82) is 0 Å². The van der Waals surface area contributed by atoms with E-state index >= 15 is 0 Å². The average molecular weight is 157 g/mol. The summed E-state index contributed by atoms with van der Waals surface area (Å²) in [6.45, 7) is 7.38. The average Bonchev–Trinajstić information content (AvgIpc) is 1.95. The lowest BCUT2D eigenvalue weighted by Crippen LogP contribution is -2.59. The molecule has 66 valence electrons. The first-order valence-corrected chi connectivity index (χ1v) is 4.61. The molecule has 1 aliphatic rings. The van der Waals surface area contributed by atoms with Crippen LogP contribution in [0.2, 0.25) is 0 Å². The Morgan fingerprint density at radius 3 is 2.55 bits per heavy atom. The van der Waals surface area contributed by atoms with Crippen LogP contribution in [0.1, 0.15) is 33.1 Å². The molecule has 1 rings (SSSR count). The Kier molecular flexibility index (Phi) is 3.34. The Morgan fingerprint density at radius 2 is 2.09 bits per heavy atom. The minimum Gasteiger partial charge on any atom is -0.373 e. The van der Waals surface area contributed by atoms with Crippen LogP contribution in [0.15, 0.2) is 0 Å².